The summed E-state index contributed by atoms with van der Waals surface area (Å²) in [5.41, 5.74) is 0.290. The molecule has 1 aliphatic rings. The van der Waals surface area contributed by atoms with Gasteiger partial charge in [0.25, 0.3) is 5.91 Å². The van der Waals surface area contributed by atoms with Crippen molar-refractivity contribution in [1.29, 1.82) is 0 Å². The van der Waals surface area contributed by atoms with Gasteiger partial charge in [-0.3, -0.25) is 10.1 Å². The Morgan fingerprint density at radius 1 is 1.28 bits per heavy atom. The molecule has 158 valence electrons. The molecule has 2 aromatic rings. The second-order valence-corrected chi connectivity index (χ2v) is 10.4. The molecule has 1 atom stereocenters. The van der Waals surface area contributed by atoms with Gasteiger partial charge in [-0.1, -0.05) is 43.6 Å². The lowest BCUT2D eigenvalue weighted by molar-refractivity contribution is 0.102. The molecule has 7 nitrogen and oxygen atoms in total. The first-order valence-corrected chi connectivity index (χ1v) is 12.4. The monoisotopic (exact) mass is 436 g/mol. The molecule has 29 heavy (non-hydrogen) atoms. The summed E-state index contributed by atoms with van der Waals surface area (Å²) >= 11 is 1.36. The molecule has 1 aromatic carbocycles. The maximum atomic E-state index is 13.0. The minimum absolute atomic E-state index is 0.0289. The van der Waals surface area contributed by atoms with Crippen LogP contribution in [0.3, 0.4) is 0 Å². The molecule has 1 fully saturated rings. The fourth-order valence-corrected chi connectivity index (χ4v) is 5.99. The van der Waals surface area contributed by atoms with Crippen molar-refractivity contribution in [3.63, 3.8) is 0 Å². The molecular weight excluding hydrogens is 408 g/mol. The molecule has 0 saturated carbocycles. The highest BCUT2D eigenvalue weighted by Crippen LogP contribution is 2.26. The van der Waals surface area contributed by atoms with Crippen molar-refractivity contribution in [3.05, 3.63) is 34.8 Å². The van der Waals surface area contributed by atoms with E-state index in [-0.39, 0.29) is 16.8 Å². The zero-order chi connectivity index (χ0) is 20.9. The summed E-state index contributed by atoms with van der Waals surface area (Å²) in [4.78, 5) is 12.8. The van der Waals surface area contributed by atoms with Crippen molar-refractivity contribution in [3.8, 4) is 0 Å². The number of benzene rings is 1. The molecular formula is C20H28N4O3S2. The van der Waals surface area contributed by atoms with Gasteiger partial charge in [0.1, 0.15) is 5.01 Å². The van der Waals surface area contributed by atoms with Crippen LogP contribution >= 0.6 is 11.3 Å². The number of amides is 1. The fraction of sp³-hybridized carbons (Fsp3) is 0.550. The number of hydrogen-bond acceptors (Lipinski definition) is 6. The summed E-state index contributed by atoms with van der Waals surface area (Å²) in [6, 6.07) is 6.17. The van der Waals surface area contributed by atoms with Gasteiger partial charge in [0, 0.05) is 24.6 Å². The zero-order valence-electron chi connectivity index (χ0n) is 16.9. The van der Waals surface area contributed by atoms with Gasteiger partial charge >= 0.3 is 0 Å². The van der Waals surface area contributed by atoms with Crippen LogP contribution in [0.4, 0.5) is 5.13 Å². The minimum atomic E-state index is -3.62. The average molecular weight is 437 g/mol. The van der Waals surface area contributed by atoms with E-state index in [4.69, 9.17) is 0 Å². The Balaban J connectivity index is 1.71. The summed E-state index contributed by atoms with van der Waals surface area (Å²) in [6.07, 6.45) is 6.93. The Morgan fingerprint density at radius 3 is 2.86 bits per heavy atom. The van der Waals surface area contributed by atoms with Crippen LogP contribution in [-0.4, -0.2) is 41.4 Å². The van der Waals surface area contributed by atoms with Crippen LogP contribution in [-0.2, 0) is 16.4 Å². The van der Waals surface area contributed by atoms with E-state index in [9.17, 15) is 13.2 Å². The number of rotatable bonds is 8. The van der Waals surface area contributed by atoms with Crippen LogP contribution < -0.4 is 5.32 Å². The molecule has 3 rings (SSSR count). The van der Waals surface area contributed by atoms with Crippen LogP contribution in [0.1, 0.15) is 67.7 Å². The number of unbranched alkanes of at least 4 members (excludes halogenated alkanes) is 2. The Hall–Kier alpha value is -1.84. The number of sulfonamides is 1. The van der Waals surface area contributed by atoms with E-state index in [1.54, 1.807) is 22.5 Å². The first-order valence-electron chi connectivity index (χ1n) is 10.2. The van der Waals surface area contributed by atoms with Crippen molar-refractivity contribution in [2.75, 3.05) is 11.9 Å². The number of nitrogens with zero attached hydrogens (tertiary/aromatic N) is 3. The molecule has 1 unspecified atom stereocenters. The standard InChI is InChI=1S/C20H28N4O3S2/c1-3-4-5-12-18-22-23-20(28-18)21-19(25)16-10-8-11-17(14-16)29(26,27)24-13-7-6-9-15(24)2/h8,10-11,14-15H,3-7,9,12-13H2,1-2H3,(H,21,23,25). The number of carbonyl (C=O) groups excluding carboxylic acids is 1. The number of carbonyl (C=O) groups is 1. The predicted octanol–water partition coefficient (Wildman–Crippen LogP) is 4.09. The molecule has 0 aliphatic carbocycles. The molecule has 1 aliphatic heterocycles. The minimum Gasteiger partial charge on any atom is -0.296 e. The number of anilines is 1. The first-order chi connectivity index (χ1) is 13.9. The largest absolute Gasteiger partial charge is 0.296 e. The Bertz CT molecular complexity index is 943. The van der Waals surface area contributed by atoms with E-state index in [1.165, 1.54) is 17.4 Å². The van der Waals surface area contributed by atoms with Crippen molar-refractivity contribution in [2.24, 2.45) is 0 Å². The Morgan fingerprint density at radius 2 is 2.10 bits per heavy atom. The second kappa shape index (κ2) is 9.77. The quantitative estimate of drug-likeness (QED) is 0.629. The summed E-state index contributed by atoms with van der Waals surface area (Å²) in [5.74, 6) is -0.384. The lowest BCUT2D eigenvalue weighted by Crippen LogP contribution is -2.41. The number of nitrogens with one attached hydrogen (secondary N) is 1. The van der Waals surface area contributed by atoms with Crippen LogP contribution in [0.5, 0.6) is 0 Å². The molecule has 0 radical (unpaired) electrons. The van der Waals surface area contributed by atoms with Gasteiger partial charge in [0.15, 0.2) is 0 Å². The van der Waals surface area contributed by atoms with Gasteiger partial charge in [-0.2, -0.15) is 4.31 Å². The maximum Gasteiger partial charge on any atom is 0.257 e. The lowest BCUT2D eigenvalue weighted by Gasteiger charge is -2.32. The number of aryl methyl sites for hydroxylation is 1. The number of piperidine rings is 1. The normalized spacial score (nSPS) is 17.9. The van der Waals surface area contributed by atoms with Gasteiger partial charge in [-0.15, -0.1) is 10.2 Å². The topological polar surface area (TPSA) is 92.3 Å². The van der Waals surface area contributed by atoms with E-state index >= 15 is 0 Å². The molecule has 1 saturated heterocycles. The fourth-order valence-electron chi connectivity index (χ4n) is 3.46. The number of hydrogen-bond donors (Lipinski definition) is 1. The highest BCUT2D eigenvalue weighted by atomic mass is 32.2. The van der Waals surface area contributed by atoms with E-state index in [1.807, 2.05) is 6.92 Å². The third-order valence-electron chi connectivity index (χ3n) is 5.13. The number of aromatic nitrogens is 2. The lowest BCUT2D eigenvalue weighted by atomic mass is 10.1. The van der Waals surface area contributed by atoms with Gasteiger partial charge in [0.2, 0.25) is 15.2 Å². The predicted molar refractivity (Wildman–Crippen MR) is 115 cm³/mol. The van der Waals surface area contributed by atoms with Crippen molar-refractivity contribution in [1.82, 2.24) is 14.5 Å². The molecule has 1 N–H and O–H groups in total. The molecule has 1 amide bonds. The van der Waals surface area contributed by atoms with Crippen LogP contribution in [0.25, 0.3) is 0 Å². The van der Waals surface area contributed by atoms with Gasteiger partial charge in [-0.25, -0.2) is 8.42 Å². The molecule has 9 heteroatoms. The third kappa shape index (κ3) is 5.40. The second-order valence-electron chi connectivity index (χ2n) is 7.40. The summed E-state index contributed by atoms with van der Waals surface area (Å²) in [7, 11) is -3.62. The van der Waals surface area contributed by atoms with Crippen molar-refractivity contribution >= 4 is 32.4 Å². The Kier molecular flexibility index (Phi) is 7.37. The summed E-state index contributed by atoms with van der Waals surface area (Å²) in [6.45, 7) is 4.60. The highest BCUT2D eigenvalue weighted by molar-refractivity contribution is 7.89. The zero-order valence-corrected chi connectivity index (χ0v) is 18.6. The van der Waals surface area contributed by atoms with E-state index in [0.717, 1.165) is 50.0 Å². The van der Waals surface area contributed by atoms with E-state index in [2.05, 4.69) is 22.4 Å². The smallest absolute Gasteiger partial charge is 0.257 e. The third-order valence-corrected chi connectivity index (χ3v) is 8.03. The molecule has 0 spiro atoms. The van der Waals surface area contributed by atoms with E-state index < -0.39 is 10.0 Å². The average Bonchev–Trinajstić information content (AvgIpc) is 3.15. The van der Waals surface area contributed by atoms with Crippen LogP contribution in [0, 0.1) is 0 Å². The van der Waals surface area contributed by atoms with Crippen LogP contribution in [0.15, 0.2) is 29.2 Å². The maximum absolute atomic E-state index is 13.0. The first kappa shape index (κ1) is 21.9. The molecule has 0 bridgehead atoms. The van der Waals surface area contributed by atoms with E-state index in [0.29, 0.717) is 17.2 Å². The van der Waals surface area contributed by atoms with Gasteiger partial charge in [0.05, 0.1) is 4.90 Å². The Labute approximate surface area is 176 Å². The molecule has 1 aromatic heterocycles. The van der Waals surface area contributed by atoms with Crippen molar-refractivity contribution in [2.45, 2.75) is 69.7 Å². The SMILES string of the molecule is CCCCCc1nnc(NC(=O)c2cccc(S(=O)(=O)N3CCCCC3C)c2)s1. The summed E-state index contributed by atoms with van der Waals surface area (Å²) < 4.78 is 27.6. The van der Waals surface area contributed by atoms with Crippen molar-refractivity contribution < 1.29 is 13.2 Å². The summed E-state index contributed by atoms with van der Waals surface area (Å²) in [5, 5.41) is 12.2. The highest BCUT2D eigenvalue weighted by Gasteiger charge is 2.31. The molecule has 2 heterocycles. The van der Waals surface area contributed by atoms with Crippen LogP contribution in [0.2, 0.25) is 0 Å². The van der Waals surface area contributed by atoms with Gasteiger partial charge in [-0.05, 0) is 44.4 Å². The van der Waals surface area contributed by atoms with Gasteiger partial charge < -0.3 is 0 Å².